The van der Waals surface area contributed by atoms with E-state index in [9.17, 15) is 24.1 Å². The molecule has 214 valence electrons. The number of hydrogen-bond donors (Lipinski definition) is 3. The lowest BCUT2D eigenvalue weighted by atomic mass is 10.2. The zero-order chi connectivity index (χ0) is 29.2. The van der Waals surface area contributed by atoms with Crippen LogP contribution in [0.2, 0.25) is 18.1 Å². The van der Waals surface area contributed by atoms with Gasteiger partial charge in [0, 0.05) is 11.8 Å². The van der Waals surface area contributed by atoms with Gasteiger partial charge in [-0.25, -0.2) is 9.36 Å². The predicted molar refractivity (Wildman–Crippen MR) is 147 cm³/mol. The van der Waals surface area contributed by atoms with E-state index in [-0.39, 0.29) is 23.2 Å². The Morgan fingerprint density at radius 2 is 1.90 bits per heavy atom. The second-order valence-electron chi connectivity index (χ2n) is 10.8. The van der Waals surface area contributed by atoms with Crippen molar-refractivity contribution in [3.8, 4) is 5.75 Å². The first kappa shape index (κ1) is 30.6. The molecule has 0 radical (unpaired) electrons. The summed E-state index contributed by atoms with van der Waals surface area (Å²) in [4.78, 5) is 38.3. The lowest BCUT2D eigenvalue weighted by Gasteiger charge is -2.39. The van der Waals surface area contributed by atoms with Gasteiger partial charge in [0.15, 0.2) is 8.32 Å². The van der Waals surface area contributed by atoms with Crippen LogP contribution in [0.5, 0.6) is 5.75 Å². The van der Waals surface area contributed by atoms with Crippen molar-refractivity contribution in [2.24, 2.45) is 0 Å². The summed E-state index contributed by atoms with van der Waals surface area (Å²) in [6.45, 7) is 12.8. The number of para-hydroxylation sites is 1. The van der Waals surface area contributed by atoms with Crippen molar-refractivity contribution in [1.82, 2.24) is 14.6 Å². The van der Waals surface area contributed by atoms with E-state index in [1.807, 2.05) is 13.1 Å². The number of aryl methyl sites for hydroxylation is 1. The Balaban J connectivity index is 1.91. The minimum Gasteiger partial charge on any atom is -0.480 e. The smallest absolute Gasteiger partial charge is 0.459 e. The first-order valence-electron chi connectivity index (χ1n) is 12.4. The maximum Gasteiger partial charge on any atom is 0.459 e. The molecule has 1 aromatic heterocycles. The van der Waals surface area contributed by atoms with Gasteiger partial charge in [-0.2, -0.15) is 5.09 Å². The molecule has 1 aliphatic rings. The molecule has 12 nitrogen and oxygen atoms in total. The molecule has 3 rings (SSSR count). The third-order valence-electron chi connectivity index (χ3n) is 6.63. The van der Waals surface area contributed by atoms with Crippen molar-refractivity contribution in [2.45, 2.75) is 71.1 Å². The van der Waals surface area contributed by atoms with Gasteiger partial charge in [0.1, 0.15) is 30.3 Å². The molecule has 1 aromatic carbocycles. The van der Waals surface area contributed by atoms with Gasteiger partial charge < -0.3 is 18.8 Å². The number of aromatic nitrogens is 2. The first-order chi connectivity index (χ1) is 18.0. The molecule has 0 aliphatic carbocycles. The summed E-state index contributed by atoms with van der Waals surface area (Å²) in [5.41, 5.74) is -0.878. The number of aromatic amines is 1. The Morgan fingerprint density at radius 1 is 1.26 bits per heavy atom. The molecule has 2 aromatic rings. The molecule has 3 N–H and O–H groups in total. The zero-order valence-corrected chi connectivity index (χ0v) is 25.0. The van der Waals surface area contributed by atoms with Crippen LogP contribution in [-0.2, 0) is 23.0 Å². The van der Waals surface area contributed by atoms with Crippen LogP contribution in [0.15, 0.2) is 58.0 Å². The highest BCUT2D eigenvalue weighted by Crippen LogP contribution is 2.46. The fourth-order valence-electron chi connectivity index (χ4n) is 3.36. The first-order valence-corrected chi connectivity index (χ1v) is 16.8. The Bertz CT molecular complexity index is 1380. The van der Waals surface area contributed by atoms with E-state index < -0.39 is 51.7 Å². The molecule has 0 saturated heterocycles. The molecule has 14 heteroatoms. The van der Waals surface area contributed by atoms with Gasteiger partial charge in [-0.05, 0) is 50.2 Å². The normalized spacial score (nSPS) is 20.0. The molecule has 0 unspecified atom stereocenters. The molecule has 0 bridgehead atoms. The van der Waals surface area contributed by atoms with Crippen LogP contribution in [0, 0.1) is 6.92 Å². The average molecular weight is 582 g/mol. The third-order valence-corrected chi connectivity index (χ3v) is 12.7. The molecule has 1 aliphatic heterocycles. The molecule has 0 saturated carbocycles. The summed E-state index contributed by atoms with van der Waals surface area (Å²) in [7, 11) is -6.58. The van der Waals surface area contributed by atoms with Crippen LogP contribution in [0.1, 0.15) is 39.5 Å². The second-order valence-corrected chi connectivity index (χ2v) is 17.3. The molecule has 0 fully saturated rings. The number of carboxylic acid groups (broad SMARTS) is 1. The van der Waals surface area contributed by atoms with Gasteiger partial charge in [-0.15, -0.1) is 0 Å². The predicted octanol–water partition coefficient (Wildman–Crippen LogP) is 3.91. The fourth-order valence-corrected chi connectivity index (χ4v) is 6.04. The molecule has 4 atom stereocenters. The lowest BCUT2D eigenvalue weighted by molar-refractivity contribution is -0.138. The monoisotopic (exact) mass is 581 g/mol. The summed E-state index contributed by atoms with van der Waals surface area (Å²) < 4.78 is 38.6. The van der Waals surface area contributed by atoms with Gasteiger partial charge in [-0.1, -0.05) is 39.0 Å². The Morgan fingerprint density at radius 3 is 2.49 bits per heavy atom. The van der Waals surface area contributed by atoms with E-state index in [4.69, 9.17) is 18.2 Å². The van der Waals surface area contributed by atoms with Crippen molar-refractivity contribution in [3.05, 3.63) is 74.8 Å². The summed E-state index contributed by atoms with van der Waals surface area (Å²) >= 11 is 0. The number of nitrogens with zero attached hydrogens (tertiary/aromatic N) is 1. The van der Waals surface area contributed by atoms with E-state index >= 15 is 0 Å². The molecule has 39 heavy (non-hydrogen) atoms. The van der Waals surface area contributed by atoms with Crippen molar-refractivity contribution in [2.75, 3.05) is 6.61 Å². The highest BCUT2D eigenvalue weighted by Gasteiger charge is 2.44. The second kappa shape index (κ2) is 11.6. The van der Waals surface area contributed by atoms with Crippen molar-refractivity contribution in [1.29, 1.82) is 0 Å². The summed E-state index contributed by atoms with van der Waals surface area (Å²) in [5.74, 6) is -0.844. The Hall–Kier alpha value is -2.96. The summed E-state index contributed by atoms with van der Waals surface area (Å²) in [6.07, 6.45) is 1.32. The van der Waals surface area contributed by atoms with Crippen molar-refractivity contribution < 1.29 is 32.7 Å². The van der Waals surface area contributed by atoms with Crippen LogP contribution in [0.4, 0.5) is 0 Å². The summed E-state index contributed by atoms with van der Waals surface area (Å²) in [6, 6.07) is 6.94. The number of nitrogens with one attached hydrogen (secondary N) is 2. The van der Waals surface area contributed by atoms with Gasteiger partial charge >= 0.3 is 19.4 Å². The molecule has 2 heterocycles. The minimum atomic E-state index is -4.21. The molecular formula is C25H36N3O9PSi. The van der Waals surface area contributed by atoms with E-state index in [1.54, 1.807) is 43.3 Å². The van der Waals surface area contributed by atoms with Crippen LogP contribution in [-0.4, -0.2) is 47.7 Å². The largest absolute Gasteiger partial charge is 0.480 e. The van der Waals surface area contributed by atoms with Gasteiger partial charge in [0.05, 0.1) is 0 Å². The number of carbonyl (C=O) groups is 1. The van der Waals surface area contributed by atoms with E-state index in [1.165, 1.54) is 17.7 Å². The number of aliphatic carboxylic acids is 1. The zero-order valence-electron chi connectivity index (χ0n) is 23.1. The van der Waals surface area contributed by atoms with Crippen molar-refractivity contribution in [3.63, 3.8) is 0 Å². The maximum atomic E-state index is 13.6. The molecule has 0 amide bonds. The molecular weight excluding hydrogens is 545 g/mol. The topological polar surface area (TPSA) is 158 Å². The number of benzene rings is 1. The molecule has 0 spiro atoms. The summed E-state index contributed by atoms with van der Waals surface area (Å²) in [5, 5.41) is 11.6. The van der Waals surface area contributed by atoms with E-state index in [0.29, 0.717) is 5.56 Å². The van der Waals surface area contributed by atoms with Gasteiger partial charge in [0.2, 0.25) is 6.23 Å². The van der Waals surface area contributed by atoms with E-state index in [0.717, 1.165) is 0 Å². The van der Waals surface area contributed by atoms with Crippen LogP contribution >= 0.6 is 7.75 Å². The van der Waals surface area contributed by atoms with Crippen LogP contribution in [0.3, 0.4) is 0 Å². The number of rotatable bonds is 11. The average Bonchev–Trinajstić information content (AvgIpc) is 3.21. The van der Waals surface area contributed by atoms with Crippen molar-refractivity contribution >= 4 is 22.0 Å². The van der Waals surface area contributed by atoms with Crippen LogP contribution in [0.25, 0.3) is 0 Å². The third kappa shape index (κ3) is 7.58. The number of H-pyrrole nitrogens is 1. The Kier molecular flexibility index (Phi) is 9.13. The maximum absolute atomic E-state index is 13.6. The fraction of sp³-hybridized carbons (Fsp3) is 0.480. The number of ether oxygens (including phenoxy) is 1. The quantitative estimate of drug-likeness (QED) is 0.262. The van der Waals surface area contributed by atoms with Crippen LogP contribution < -0.4 is 20.9 Å². The standard InChI is InChI=1S/C25H36N3O9PSi/c1-16-14-28(24(32)26-21(16)29)22-20(37-39(6,7)25(3,4)5)13-19(35-22)15-34-38(33,27-17(2)23(30)31)36-18-11-9-8-10-12-18/h8-14,17,20,22H,15H2,1-7H3,(H,27,33)(H,30,31)(H,26,29,32)/t17-,20+,22+,38-/m0/s1. The lowest BCUT2D eigenvalue weighted by Crippen LogP contribution is -2.46. The number of hydrogen-bond acceptors (Lipinski definition) is 8. The van der Waals surface area contributed by atoms with E-state index in [2.05, 4.69) is 30.8 Å². The highest BCUT2D eigenvalue weighted by atomic mass is 31.2. The van der Waals surface area contributed by atoms with Gasteiger partial charge in [-0.3, -0.25) is 23.7 Å². The highest BCUT2D eigenvalue weighted by molar-refractivity contribution is 7.52. The minimum absolute atomic E-state index is 0.160. The SMILES string of the molecule is Cc1cn([C@@H]2OC(CO[P@@](=O)(N[C@@H](C)C(=O)O)Oc3ccccc3)=C[C@H]2O[Si](C)(C)C(C)(C)C)c(=O)[nH]c1=O. The number of carboxylic acids is 1. The Labute approximate surface area is 227 Å². The van der Waals surface area contributed by atoms with Gasteiger partial charge in [0.25, 0.3) is 5.56 Å².